The van der Waals surface area contributed by atoms with E-state index in [1.807, 2.05) is 0 Å². The van der Waals surface area contributed by atoms with Crippen molar-refractivity contribution in [3.8, 4) is 0 Å². The first-order valence-corrected chi connectivity index (χ1v) is 5.82. The lowest BCUT2D eigenvalue weighted by atomic mass is 10.1. The number of rotatable bonds is 8. The van der Waals surface area contributed by atoms with Crippen LogP contribution in [0.5, 0.6) is 0 Å². The number of nitrogens with one attached hydrogen (secondary N) is 1. The number of aliphatic carboxylic acids is 1. The standard InChI is InChI=1S/C10H16N6O4/c11-3-6-4-16(15-14-6)5-9(18)13-7(10(19)20)1-2-8(12)17/h4,7H,1-3,5,11H2,(H2,12,17)(H,13,18)(H,19,20)/t7-/m0/s1. The van der Waals surface area contributed by atoms with Gasteiger partial charge >= 0.3 is 5.97 Å². The molecule has 0 saturated carbocycles. The summed E-state index contributed by atoms with van der Waals surface area (Å²) >= 11 is 0. The third-order valence-electron chi connectivity index (χ3n) is 2.41. The van der Waals surface area contributed by atoms with Gasteiger partial charge in [0.2, 0.25) is 11.8 Å². The van der Waals surface area contributed by atoms with Crippen molar-refractivity contribution in [3.63, 3.8) is 0 Å². The summed E-state index contributed by atoms with van der Waals surface area (Å²) in [5, 5.41) is 18.6. The van der Waals surface area contributed by atoms with Crippen LogP contribution in [0.1, 0.15) is 18.5 Å². The molecule has 0 aliphatic carbocycles. The molecule has 0 spiro atoms. The number of carboxylic acid groups (broad SMARTS) is 1. The highest BCUT2D eigenvalue weighted by atomic mass is 16.4. The van der Waals surface area contributed by atoms with Crippen molar-refractivity contribution < 1.29 is 19.5 Å². The lowest BCUT2D eigenvalue weighted by molar-refractivity contribution is -0.142. The van der Waals surface area contributed by atoms with Gasteiger partial charge in [0.15, 0.2) is 0 Å². The Hall–Kier alpha value is -2.49. The normalized spacial score (nSPS) is 11.8. The van der Waals surface area contributed by atoms with E-state index in [0.717, 1.165) is 0 Å². The first kappa shape index (κ1) is 15.6. The number of amides is 2. The van der Waals surface area contributed by atoms with Crippen LogP contribution in [0, 0.1) is 0 Å². The zero-order valence-electron chi connectivity index (χ0n) is 10.7. The number of carbonyl (C=O) groups is 3. The van der Waals surface area contributed by atoms with Gasteiger partial charge in [0.25, 0.3) is 0 Å². The molecule has 0 bridgehead atoms. The maximum atomic E-state index is 11.7. The quantitative estimate of drug-likeness (QED) is 0.411. The summed E-state index contributed by atoms with van der Waals surface area (Å²) in [4.78, 5) is 33.2. The molecule has 0 aliphatic heterocycles. The number of aromatic nitrogens is 3. The summed E-state index contributed by atoms with van der Waals surface area (Å²) in [7, 11) is 0. The van der Waals surface area contributed by atoms with Gasteiger partial charge in [-0.3, -0.25) is 9.59 Å². The average molecular weight is 284 g/mol. The van der Waals surface area contributed by atoms with Crippen LogP contribution in [0.15, 0.2) is 6.20 Å². The molecule has 10 heteroatoms. The van der Waals surface area contributed by atoms with Gasteiger partial charge in [0, 0.05) is 13.0 Å². The molecule has 0 fully saturated rings. The van der Waals surface area contributed by atoms with E-state index < -0.39 is 23.8 Å². The van der Waals surface area contributed by atoms with E-state index in [0.29, 0.717) is 5.69 Å². The lowest BCUT2D eigenvalue weighted by Gasteiger charge is -2.13. The summed E-state index contributed by atoms with van der Waals surface area (Å²) in [6.45, 7) is 0.00529. The molecule has 20 heavy (non-hydrogen) atoms. The molecule has 1 aromatic rings. The van der Waals surface area contributed by atoms with E-state index in [4.69, 9.17) is 16.6 Å². The van der Waals surface area contributed by atoms with Gasteiger partial charge in [-0.1, -0.05) is 5.21 Å². The van der Waals surface area contributed by atoms with Crippen molar-refractivity contribution in [1.82, 2.24) is 20.3 Å². The maximum absolute atomic E-state index is 11.7. The Labute approximate surface area is 114 Å². The second kappa shape index (κ2) is 7.19. The molecule has 0 radical (unpaired) electrons. The molecule has 0 aromatic carbocycles. The predicted octanol–water partition coefficient (Wildman–Crippen LogP) is -2.43. The van der Waals surface area contributed by atoms with Crippen LogP contribution < -0.4 is 16.8 Å². The first-order chi connectivity index (χ1) is 9.42. The molecular formula is C10H16N6O4. The van der Waals surface area contributed by atoms with Crippen LogP contribution >= 0.6 is 0 Å². The van der Waals surface area contributed by atoms with E-state index in [1.54, 1.807) is 0 Å². The fourth-order valence-corrected chi connectivity index (χ4v) is 1.44. The Kier molecular flexibility index (Phi) is 5.59. The van der Waals surface area contributed by atoms with Gasteiger partial charge < -0.3 is 21.9 Å². The van der Waals surface area contributed by atoms with Crippen LogP contribution in [0.3, 0.4) is 0 Å². The molecule has 10 nitrogen and oxygen atoms in total. The van der Waals surface area contributed by atoms with Crippen molar-refractivity contribution in [2.75, 3.05) is 0 Å². The smallest absolute Gasteiger partial charge is 0.326 e. The van der Waals surface area contributed by atoms with Gasteiger partial charge in [-0.2, -0.15) is 0 Å². The highest BCUT2D eigenvalue weighted by Gasteiger charge is 2.20. The van der Waals surface area contributed by atoms with Crippen molar-refractivity contribution in [2.45, 2.75) is 32.0 Å². The molecule has 1 atom stereocenters. The summed E-state index contributed by atoms with van der Waals surface area (Å²) in [6, 6.07) is -1.17. The second-order valence-electron chi connectivity index (χ2n) is 4.07. The number of hydrogen-bond acceptors (Lipinski definition) is 6. The molecule has 1 rings (SSSR count). The van der Waals surface area contributed by atoms with Gasteiger partial charge in [0.05, 0.1) is 11.9 Å². The van der Waals surface area contributed by atoms with Gasteiger partial charge in [-0.05, 0) is 6.42 Å². The van der Waals surface area contributed by atoms with E-state index in [1.165, 1.54) is 10.9 Å². The number of carbonyl (C=O) groups excluding carboxylic acids is 2. The van der Waals surface area contributed by atoms with Crippen molar-refractivity contribution in [2.24, 2.45) is 11.5 Å². The molecule has 0 unspecified atom stereocenters. The van der Waals surface area contributed by atoms with Crippen molar-refractivity contribution in [1.29, 1.82) is 0 Å². The average Bonchev–Trinajstić information content (AvgIpc) is 2.81. The molecule has 6 N–H and O–H groups in total. The first-order valence-electron chi connectivity index (χ1n) is 5.82. The molecule has 110 valence electrons. The highest BCUT2D eigenvalue weighted by Crippen LogP contribution is 1.98. The summed E-state index contributed by atoms with van der Waals surface area (Å²) in [5.74, 6) is -2.43. The Morgan fingerprint density at radius 2 is 2.15 bits per heavy atom. The van der Waals surface area contributed by atoms with Gasteiger partial charge in [0.1, 0.15) is 12.6 Å². The number of nitrogens with zero attached hydrogens (tertiary/aromatic N) is 3. The maximum Gasteiger partial charge on any atom is 0.326 e. The van der Waals surface area contributed by atoms with E-state index >= 15 is 0 Å². The van der Waals surface area contributed by atoms with Crippen LogP contribution in [0.2, 0.25) is 0 Å². The Morgan fingerprint density at radius 3 is 2.65 bits per heavy atom. The van der Waals surface area contributed by atoms with Gasteiger partial charge in [-0.15, -0.1) is 5.10 Å². The number of carboxylic acids is 1. The summed E-state index contributed by atoms with van der Waals surface area (Å²) in [6.07, 6.45) is 1.29. The summed E-state index contributed by atoms with van der Waals surface area (Å²) < 4.78 is 1.24. The summed E-state index contributed by atoms with van der Waals surface area (Å²) in [5.41, 5.74) is 10.8. The minimum Gasteiger partial charge on any atom is -0.480 e. The van der Waals surface area contributed by atoms with Crippen molar-refractivity contribution >= 4 is 17.8 Å². The monoisotopic (exact) mass is 284 g/mol. The molecule has 0 saturated heterocycles. The van der Waals surface area contributed by atoms with E-state index in [-0.39, 0.29) is 25.9 Å². The topological polar surface area (TPSA) is 166 Å². The third-order valence-corrected chi connectivity index (χ3v) is 2.41. The van der Waals surface area contributed by atoms with Crippen LogP contribution in [0.25, 0.3) is 0 Å². The predicted molar refractivity (Wildman–Crippen MR) is 65.9 cm³/mol. The minimum atomic E-state index is -1.24. The lowest BCUT2D eigenvalue weighted by Crippen LogP contribution is -2.42. The van der Waals surface area contributed by atoms with Gasteiger partial charge in [-0.25, -0.2) is 9.48 Å². The van der Waals surface area contributed by atoms with E-state index in [2.05, 4.69) is 15.6 Å². The molecule has 1 heterocycles. The molecule has 1 aromatic heterocycles. The minimum absolute atomic E-state index is 0.0676. The van der Waals surface area contributed by atoms with Crippen LogP contribution in [-0.4, -0.2) is 43.9 Å². The second-order valence-corrected chi connectivity index (χ2v) is 4.07. The Balaban J connectivity index is 2.52. The zero-order valence-corrected chi connectivity index (χ0v) is 10.7. The zero-order chi connectivity index (χ0) is 15.1. The van der Waals surface area contributed by atoms with Crippen molar-refractivity contribution in [3.05, 3.63) is 11.9 Å². The fourth-order valence-electron chi connectivity index (χ4n) is 1.44. The molecule has 0 aliphatic rings. The number of nitrogens with two attached hydrogens (primary N) is 2. The number of hydrogen-bond donors (Lipinski definition) is 4. The Morgan fingerprint density at radius 1 is 1.45 bits per heavy atom. The molecule has 2 amide bonds. The molecular weight excluding hydrogens is 268 g/mol. The SMILES string of the molecule is NCc1cn(CC(=O)N[C@@H](CCC(N)=O)C(=O)O)nn1. The highest BCUT2D eigenvalue weighted by molar-refractivity contribution is 5.84. The number of primary amides is 1. The van der Waals surface area contributed by atoms with Crippen LogP contribution in [0.4, 0.5) is 0 Å². The fraction of sp³-hybridized carbons (Fsp3) is 0.500. The largest absolute Gasteiger partial charge is 0.480 e. The van der Waals surface area contributed by atoms with E-state index in [9.17, 15) is 14.4 Å². The van der Waals surface area contributed by atoms with Crippen LogP contribution in [-0.2, 0) is 27.5 Å². The Bertz CT molecular complexity index is 500. The third kappa shape index (κ3) is 5.02.